The van der Waals surface area contributed by atoms with E-state index in [2.05, 4.69) is 20.7 Å². The number of benzene rings is 3. The topological polar surface area (TPSA) is 90.3 Å². The molecule has 2 N–H and O–H groups in total. The number of allylic oxidation sites excluding steroid dienone is 1. The summed E-state index contributed by atoms with van der Waals surface area (Å²) in [6, 6.07) is 19.6. The van der Waals surface area contributed by atoms with Crippen molar-refractivity contribution in [2.45, 2.75) is 19.6 Å². The summed E-state index contributed by atoms with van der Waals surface area (Å²) in [6.45, 7) is 2.14. The van der Waals surface area contributed by atoms with Gasteiger partial charge in [0.05, 0.1) is 28.4 Å². The number of ether oxygens (including phenoxy) is 2. The maximum Gasteiger partial charge on any atom is 0.255 e. The molecular formula is C27H23Cl2N5O3. The third-order valence-corrected chi connectivity index (χ3v) is 6.70. The average Bonchev–Trinajstić information content (AvgIpc) is 3.37. The van der Waals surface area contributed by atoms with Gasteiger partial charge in [-0.1, -0.05) is 53.5 Å². The summed E-state index contributed by atoms with van der Waals surface area (Å²) >= 11 is 12.2. The molecule has 0 aliphatic carbocycles. The summed E-state index contributed by atoms with van der Waals surface area (Å²) in [5, 5.41) is 11.5. The molecule has 1 aromatic heterocycles. The van der Waals surface area contributed by atoms with Crippen LogP contribution in [0.2, 0.25) is 10.0 Å². The molecule has 0 fully saturated rings. The number of aromatic nitrogens is 3. The number of nitrogens with one attached hydrogen (secondary N) is 2. The summed E-state index contributed by atoms with van der Waals surface area (Å²) in [7, 11) is 1.56. The maximum atomic E-state index is 13.6. The average molecular weight is 536 g/mol. The molecule has 0 bridgehead atoms. The van der Waals surface area contributed by atoms with Crippen LogP contribution in [0.5, 0.6) is 11.5 Å². The number of hydrogen-bond donors (Lipinski definition) is 2. The van der Waals surface area contributed by atoms with Gasteiger partial charge < -0.3 is 20.1 Å². The van der Waals surface area contributed by atoms with E-state index in [0.717, 1.165) is 11.1 Å². The number of nitrogens with zero attached hydrogens (tertiary/aromatic N) is 3. The minimum absolute atomic E-state index is 0.289. The van der Waals surface area contributed by atoms with Gasteiger partial charge >= 0.3 is 0 Å². The fraction of sp³-hybridized carbons (Fsp3) is 0.148. The lowest BCUT2D eigenvalue weighted by molar-refractivity contribution is -0.113. The van der Waals surface area contributed by atoms with Crippen LogP contribution in [0.15, 0.2) is 84.3 Å². The second-order valence-corrected chi connectivity index (χ2v) is 9.17. The highest BCUT2D eigenvalue weighted by Gasteiger charge is 2.34. The van der Waals surface area contributed by atoms with E-state index in [0.29, 0.717) is 51.1 Å². The fourth-order valence-electron chi connectivity index (χ4n) is 4.20. The number of amides is 1. The Balaban J connectivity index is 1.46. The third kappa shape index (κ3) is 5.12. The minimum atomic E-state index is -0.540. The first-order valence-corrected chi connectivity index (χ1v) is 12.2. The van der Waals surface area contributed by atoms with Gasteiger partial charge in [0.15, 0.2) is 0 Å². The van der Waals surface area contributed by atoms with Gasteiger partial charge in [-0.3, -0.25) is 4.79 Å². The predicted molar refractivity (Wildman–Crippen MR) is 143 cm³/mol. The van der Waals surface area contributed by atoms with E-state index in [4.69, 9.17) is 32.7 Å². The van der Waals surface area contributed by atoms with Crippen molar-refractivity contribution in [3.8, 4) is 11.5 Å². The van der Waals surface area contributed by atoms with Crippen LogP contribution in [0.25, 0.3) is 0 Å². The Hall–Kier alpha value is -4.01. The van der Waals surface area contributed by atoms with E-state index in [1.165, 1.54) is 6.33 Å². The second kappa shape index (κ2) is 10.5. The number of para-hydroxylation sites is 2. The molecule has 5 rings (SSSR count). The highest BCUT2D eigenvalue weighted by molar-refractivity contribution is 6.42. The number of carbonyl (C=O) groups excluding carboxylic acids is 1. The summed E-state index contributed by atoms with van der Waals surface area (Å²) in [6.07, 6.45) is 1.45. The van der Waals surface area contributed by atoms with Gasteiger partial charge in [0.1, 0.15) is 30.5 Å². The zero-order chi connectivity index (χ0) is 25.9. The van der Waals surface area contributed by atoms with E-state index < -0.39 is 6.04 Å². The van der Waals surface area contributed by atoms with Crippen molar-refractivity contribution in [3.63, 3.8) is 0 Å². The van der Waals surface area contributed by atoms with Crippen LogP contribution in [-0.2, 0) is 11.4 Å². The summed E-state index contributed by atoms with van der Waals surface area (Å²) in [5.41, 5.74) is 3.42. The predicted octanol–water partition coefficient (Wildman–Crippen LogP) is 6.10. The number of hydrogen-bond acceptors (Lipinski definition) is 6. The van der Waals surface area contributed by atoms with Crippen LogP contribution in [0, 0.1) is 0 Å². The molecule has 2 heterocycles. The van der Waals surface area contributed by atoms with Crippen molar-refractivity contribution >= 4 is 40.7 Å². The molecule has 0 saturated heterocycles. The quantitative estimate of drug-likeness (QED) is 0.297. The molecule has 8 nitrogen and oxygen atoms in total. The Morgan fingerprint density at radius 3 is 2.73 bits per heavy atom. The van der Waals surface area contributed by atoms with Crippen molar-refractivity contribution in [1.29, 1.82) is 0 Å². The van der Waals surface area contributed by atoms with Gasteiger partial charge in [0, 0.05) is 5.70 Å². The molecule has 3 aromatic carbocycles. The summed E-state index contributed by atoms with van der Waals surface area (Å²) < 4.78 is 13.1. The first kappa shape index (κ1) is 24.7. The van der Waals surface area contributed by atoms with Gasteiger partial charge in [-0.2, -0.15) is 10.1 Å². The van der Waals surface area contributed by atoms with Gasteiger partial charge in [-0.15, -0.1) is 0 Å². The molecule has 0 saturated carbocycles. The van der Waals surface area contributed by atoms with Crippen molar-refractivity contribution in [2.24, 2.45) is 0 Å². The SMILES string of the molecule is COc1ccccc1NC(=O)C1=C(C)Nc2ncnn2[C@H]1c1cccc(OCc2ccc(Cl)c(Cl)c2)c1. The van der Waals surface area contributed by atoms with E-state index in [1.807, 2.05) is 49.4 Å². The number of halogens is 2. The first-order valence-electron chi connectivity index (χ1n) is 11.4. The highest BCUT2D eigenvalue weighted by Crippen LogP contribution is 2.37. The second-order valence-electron chi connectivity index (χ2n) is 8.36. The van der Waals surface area contributed by atoms with Crippen molar-refractivity contribution < 1.29 is 14.3 Å². The zero-order valence-corrected chi connectivity index (χ0v) is 21.5. The van der Waals surface area contributed by atoms with Crippen LogP contribution < -0.4 is 20.1 Å². The standard InChI is InChI=1S/C27H23Cl2N5O3/c1-16-24(26(35)33-22-8-3-4-9-23(22)36-2)25(34-27(32-16)30-15-31-34)18-6-5-7-19(13-18)37-14-17-10-11-20(28)21(29)12-17/h3-13,15,25H,14H2,1-2H3,(H,33,35)(H,30,31,32)/t25-/m0/s1. The number of fused-ring (bicyclic) bond motifs is 1. The minimum Gasteiger partial charge on any atom is -0.495 e. The lowest BCUT2D eigenvalue weighted by Gasteiger charge is -2.29. The number of methoxy groups -OCH3 is 1. The highest BCUT2D eigenvalue weighted by atomic mass is 35.5. The van der Waals surface area contributed by atoms with Crippen LogP contribution >= 0.6 is 23.2 Å². The maximum absolute atomic E-state index is 13.6. The van der Waals surface area contributed by atoms with Crippen molar-refractivity contribution in [1.82, 2.24) is 14.8 Å². The van der Waals surface area contributed by atoms with Crippen LogP contribution in [-0.4, -0.2) is 27.8 Å². The molecule has 37 heavy (non-hydrogen) atoms. The number of rotatable bonds is 7. The van der Waals surface area contributed by atoms with Crippen molar-refractivity contribution in [3.05, 3.63) is 105 Å². The molecular weight excluding hydrogens is 513 g/mol. The molecule has 10 heteroatoms. The largest absolute Gasteiger partial charge is 0.495 e. The number of carbonyl (C=O) groups is 1. The molecule has 1 aliphatic heterocycles. The van der Waals surface area contributed by atoms with Crippen LogP contribution in [0.4, 0.5) is 11.6 Å². The van der Waals surface area contributed by atoms with Gasteiger partial charge in [0.2, 0.25) is 5.95 Å². The first-order chi connectivity index (χ1) is 17.9. The molecule has 188 valence electrons. The van der Waals surface area contributed by atoms with Crippen LogP contribution in [0.3, 0.4) is 0 Å². The van der Waals surface area contributed by atoms with E-state index in [1.54, 1.807) is 36.1 Å². The molecule has 1 aliphatic rings. The van der Waals surface area contributed by atoms with Crippen LogP contribution in [0.1, 0.15) is 24.1 Å². The lowest BCUT2D eigenvalue weighted by Crippen LogP contribution is -2.31. The molecule has 0 radical (unpaired) electrons. The monoisotopic (exact) mass is 535 g/mol. The Bertz CT molecular complexity index is 1500. The smallest absolute Gasteiger partial charge is 0.255 e. The molecule has 4 aromatic rings. The summed E-state index contributed by atoms with van der Waals surface area (Å²) in [5.74, 6) is 1.45. The molecule has 0 spiro atoms. The Kier molecular flexibility index (Phi) is 7.03. The van der Waals surface area contributed by atoms with Gasteiger partial charge in [0.25, 0.3) is 5.91 Å². The Morgan fingerprint density at radius 2 is 1.92 bits per heavy atom. The lowest BCUT2D eigenvalue weighted by atomic mass is 9.94. The third-order valence-electron chi connectivity index (χ3n) is 5.96. The Labute approximate surface area is 223 Å². The van der Waals surface area contributed by atoms with Gasteiger partial charge in [-0.05, 0) is 54.4 Å². The molecule has 0 unspecified atom stereocenters. The molecule has 1 atom stereocenters. The summed E-state index contributed by atoms with van der Waals surface area (Å²) in [4.78, 5) is 17.9. The zero-order valence-electron chi connectivity index (χ0n) is 20.0. The van der Waals surface area contributed by atoms with E-state index in [-0.39, 0.29) is 5.91 Å². The van der Waals surface area contributed by atoms with E-state index in [9.17, 15) is 4.79 Å². The van der Waals surface area contributed by atoms with Gasteiger partial charge in [-0.25, -0.2) is 4.68 Å². The molecule has 1 amide bonds. The fourth-order valence-corrected chi connectivity index (χ4v) is 4.52. The number of anilines is 2. The van der Waals surface area contributed by atoms with E-state index >= 15 is 0 Å². The van der Waals surface area contributed by atoms with Crippen molar-refractivity contribution in [2.75, 3.05) is 17.7 Å². The Morgan fingerprint density at radius 1 is 1.08 bits per heavy atom. The normalized spacial score (nSPS) is 14.5.